The highest BCUT2D eigenvalue weighted by Gasteiger charge is 2.25. The van der Waals surface area contributed by atoms with Crippen LogP contribution in [0.1, 0.15) is 20.0 Å². The zero-order chi connectivity index (χ0) is 12.4. The van der Waals surface area contributed by atoms with Crippen LogP contribution in [0.3, 0.4) is 0 Å². The molecular formula is C11H9NO4S. The molecule has 2 aromatic heterocycles. The minimum absolute atomic E-state index is 0.167. The number of hydrogen-bond donors (Lipinski definition) is 0. The van der Waals surface area contributed by atoms with Gasteiger partial charge in [0.15, 0.2) is 0 Å². The second kappa shape index (κ2) is 4.50. The molecule has 0 spiro atoms. The molecule has 17 heavy (non-hydrogen) atoms. The van der Waals surface area contributed by atoms with E-state index >= 15 is 0 Å². The van der Waals surface area contributed by atoms with Crippen LogP contribution in [-0.4, -0.2) is 31.1 Å². The lowest BCUT2D eigenvalue weighted by atomic mass is 10.2. The smallest absolute Gasteiger partial charge is 0.349 e. The first kappa shape index (κ1) is 11.5. The molecule has 0 bridgehead atoms. The Hall–Kier alpha value is -1.95. The average Bonchev–Trinajstić information content (AvgIpc) is 2.76. The second-order valence-electron chi connectivity index (χ2n) is 3.14. The van der Waals surface area contributed by atoms with Crippen LogP contribution in [0.25, 0.3) is 10.2 Å². The number of esters is 2. The molecule has 0 saturated carbocycles. The largest absolute Gasteiger partial charge is 0.465 e. The molecule has 2 heterocycles. The Balaban J connectivity index is 2.73. The van der Waals surface area contributed by atoms with Crippen molar-refractivity contribution in [2.45, 2.75) is 0 Å². The van der Waals surface area contributed by atoms with Crippen molar-refractivity contribution in [2.75, 3.05) is 14.2 Å². The zero-order valence-electron chi connectivity index (χ0n) is 9.22. The van der Waals surface area contributed by atoms with Gasteiger partial charge < -0.3 is 9.47 Å². The number of rotatable bonds is 2. The standard InChI is InChI=1S/C11H9NO4S/c1-15-10(13)7-8-6(4-3-5-12-8)17-9(7)11(14)16-2/h3-5H,1-2H3. The summed E-state index contributed by atoms with van der Waals surface area (Å²) in [5.74, 6) is -1.15. The molecule has 0 aliphatic carbocycles. The summed E-state index contributed by atoms with van der Waals surface area (Å²) in [4.78, 5) is 27.5. The molecule has 0 fully saturated rings. The van der Waals surface area contributed by atoms with Gasteiger partial charge in [-0.25, -0.2) is 9.59 Å². The van der Waals surface area contributed by atoms with Crippen molar-refractivity contribution < 1.29 is 19.1 Å². The van der Waals surface area contributed by atoms with Gasteiger partial charge in [-0.2, -0.15) is 0 Å². The summed E-state index contributed by atoms with van der Waals surface area (Å²) in [6.07, 6.45) is 1.56. The summed E-state index contributed by atoms with van der Waals surface area (Å²) in [7, 11) is 2.52. The predicted octanol–water partition coefficient (Wildman–Crippen LogP) is 1.87. The van der Waals surface area contributed by atoms with Gasteiger partial charge in [0.25, 0.3) is 0 Å². The number of pyridine rings is 1. The number of nitrogens with zero attached hydrogens (tertiary/aromatic N) is 1. The van der Waals surface area contributed by atoms with Crippen LogP contribution in [0.5, 0.6) is 0 Å². The van der Waals surface area contributed by atoms with Crippen LogP contribution in [0.15, 0.2) is 18.3 Å². The van der Waals surface area contributed by atoms with Gasteiger partial charge in [0.1, 0.15) is 10.4 Å². The Morgan fingerprint density at radius 3 is 2.59 bits per heavy atom. The molecule has 0 amide bonds. The summed E-state index contributed by atoms with van der Waals surface area (Å²) >= 11 is 1.16. The van der Waals surface area contributed by atoms with Crippen LogP contribution >= 0.6 is 11.3 Å². The SMILES string of the molecule is COC(=O)c1sc2cccnc2c1C(=O)OC. The lowest BCUT2D eigenvalue weighted by molar-refractivity contribution is 0.0561. The van der Waals surface area contributed by atoms with Crippen molar-refractivity contribution in [3.8, 4) is 0 Å². The maximum atomic E-state index is 11.7. The van der Waals surface area contributed by atoms with Crippen molar-refractivity contribution >= 4 is 33.5 Å². The monoisotopic (exact) mass is 251 g/mol. The highest BCUT2D eigenvalue weighted by molar-refractivity contribution is 7.21. The Labute approximate surface area is 101 Å². The van der Waals surface area contributed by atoms with Gasteiger partial charge in [-0.15, -0.1) is 11.3 Å². The van der Waals surface area contributed by atoms with E-state index in [1.54, 1.807) is 18.3 Å². The fourth-order valence-electron chi connectivity index (χ4n) is 1.46. The first-order valence-corrected chi connectivity index (χ1v) is 5.54. The van der Waals surface area contributed by atoms with E-state index < -0.39 is 11.9 Å². The Bertz CT molecular complexity index is 590. The normalized spacial score (nSPS) is 10.2. The van der Waals surface area contributed by atoms with Crippen molar-refractivity contribution in [2.24, 2.45) is 0 Å². The predicted molar refractivity (Wildman–Crippen MR) is 62.3 cm³/mol. The summed E-state index contributed by atoms with van der Waals surface area (Å²) in [6, 6.07) is 3.52. The maximum absolute atomic E-state index is 11.7. The molecule has 5 nitrogen and oxygen atoms in total. The van der Waals surface area contributed by atoms with Gasteiger partial charge in [0.2, 0.25) is 0 Å². The van der Waals surface area contributed by atoms with E-state index in [2.05, 4.69) is 14.5 Å². The number of fused-ring (bicyclic) bond motifs is 1. The highest BCUT2D eigenvalue weighted by Crippen LogP contribution is 2.30. The molecule has 0 N–H and O–H groups in total. The van der Waals surface area contributed by atoms with E-state index in [-0.39, 0.29) is 10.4 Å². The van der Waals surface area contributed by atoms with Crippen LogP contribution in [0.4, 0.5) is 0 Å². The number of thiophene rings is 1. The fourth-order valence-corrected chi connectivity index (χ4v) is 2.52. The molecular weight excluding hydrogens is 242 g/mol. The summed E-state index contributed by atoms with van der Waals surface area (Å²) in [5, 5.41) is 0. The van der Waals surface area contributed by atoms with Crippen LogP contribution in [0, 0.1) is 0 Å². The third-order valence-electron chi connectivity index (χ3n) is 2.21. The van der Waals surface area contributed by atoms with Gasteiger partial charge in [0.05, 0.1) is 24.4 Å². The van der Waals surface area contributed by atoms with Gasteiger partial charge in [-0.1, -0.05) is 0 Å². The molecule has 6 heteroatoms. The fraction of sp³-hybridized carbons (Fsp3) is 0.182. The number of methoxy groups -OCH3 is 2. The maximum Gasteiger partial charge on any atom is 0.349 e. The van der Waals surface area contributed by atoms with E-state index in [1.807, 2.05) is 0 Å². The minimum atomic E-state index is -0.588. The third-order valence-corrected chi connectivity index (χ3v) is 3.33. The van der Waals surface area contributed by atoms with Gasteiger partial charge in [-0.05, 0) is 12.1 Å². The first-order valence-electron chi connectivity index (χ1n) is 4.73. The van der Waals surface area contributed by atoms with Crippen molar-refractivity contribution in [1.29, 1.82) is 0 Å². The molecule has 0 saturated heterocycles. The molecule has 2 rings (SSSR count). The number of hydrogen-bond acceptors (Lipinski definition) is 6. The van der Waals surface area contributed by atoms with Gasteiger partial charge in [0, 0.05) is 6.20 Å². The number of aromatic nitrogens is 1. The van der Waals surface area contributed by atoms with Gasteiger partial charge >= 0.3 is 11.9 Å². The Kier molecular flexibility index (Phi) is 3.06. The minimum Gasteiger partial charge on any atom is -0.465 e. The topological polar surface area (TPSA) is 65.5 Å². The molecule has 2 aromatic rings. The molecule has 0 unspecified atom stereocenters. The van der Waals surface area contributed by atoms with E-state index in [4.69, 9.17) is 0 Å². The molecule has 88 valence electrons. The van der Waals surface area contributed by atoms with E-state index in [0.717, 1.165) is 16.0 Å². The second-order valence-corrected chi connectivity index (χ2v) is 4.19. The molecule has 0 aliphatic heterocycles. The number of carbonyl (C=O) groups is 2. The van der Waals surface area contributed by atoms with E-state index in [0.29, 0.717) is 5.52 Å². The zero-order valence-corrected chi connectivity index (χ0v) is 10.0. The number of carbonyl (C=O) groups excluding carboxylic acids is 2. The van der Waals surface area contributed by atoms with Crippen molar-refractivity contribution in [3.63, 3.8) is 0 Å². The summed E-state index contributed by atoms with van der Waals surface area (Å²) in [5.41, 5.74) is 0.629. The number of ether oxygens (including phenoxy) is 2. The van der Waals surface area contributed by atoms with Gasteiger partial charge in [-0.3, -0.25) is 4.98 Å². The van der Waals surface area contributed by atoms with Crippen LogP contribution in [0.2, 0.25) is 0 Å². The van der Waals surface area contributed by atoms with E-state index in [1.165, 1.54) is 14.2 Å². The first-order chi connectivity index (χ1) is 8.19. The highest BCUT2D eigenvalue weighted by atomic mass is 32.1. The molecule has 0 aromatic carbocycles. The Morgan fingerprint density at radius 2 is 1.94 bits per heavy atom. The summed E-state index contributed by atoms with van der Waals surface area (Å²) < 4.78 is 10.0. The van der Waals surface area contributed by atoms with Crippen LogP contribution in [-0.2, 0) is 9.47 Å². The van der Waals surface area contributed by atoms with Crippen molar-refractivity contribution in [3.05, 3.63) is 28.8 Å². The molecule has 0 atom stereocenters. The average molecular weight is 251 g/mol. The van der Waals surface area contributed by atoms with E-state index in [9.17, 15) is 9.59 Å². The quantitative estimate of drug-likeness (QED) is 0.762. The van der Waals surface area contributed by atoms with Crippen LogP contribution < -0.4 is 0 Å². The van der Waals surface area contributed by atoms with Crippen molar-refractivity contribution in [1.82, 2.24) is 4.98 Å². The molecule has 0 radical (unpaired) electrons. The lowest BCUT2D eigenvalue weighted by Gasteiger charge is -2.00. The summed E-state index contributed by atoms with van der Waals surface area (Å²) in [6.45, 7) is 0. The Morgan fingerprint density at radius 1 is 1.24 bits per heavy atom. The third kappa shape index (κ3) is 1.87. The lowest BCUT2D eigenvalue weighted by Crippen LogP contribution is -2.09. The molecule has 0 aliphatic rings.